The third-order valence-corrected chi connectivity index (χ3v) is 5.33. The Morgan fingerprint density at radius 3 is 2.60 bits per heavy atom. The first-order valence-corrected chi connectivity index (χ1v) is 9.81. The van der Waals surface area contributed by atoms with Gasteiger partial charge in [-0.25, -0.2) is 0 Å². The molecule has 1 aromatic rings. The fraction of sp³-hybridized carbons (Fsp3) is 0.450. The van der Waals surface area contributed by atoms with Crippen LogP contribution in [0.3, 0.4) is 0 Å². The highest BCUT2D eigenvalue weighted by Crippen LogP contribution is 2.16. The number of nitrogens with zero attached hydrogens (tertiary/aromatic N) is 3. The van der Waals surface area contributed by atoms with Crippen molar-refractivity contribution < 1.29 is 19.2 Å². The zero-order chi connectivity index (χ0) is 21.7. The highest BCUT2D eigenvalue weighted by atomic mass is 16.2. The summed E-state index contributed by atoms with van der Waals surface area (Å²) >= 11 is 0. The molecule has 2 heterocycles. The van der Waals surface area contributed by atoms with E-state index >= 15 is 0 Å². The summed E-state index contributed by atoms with van der Waals surface area (Å²) in [5, 5.41) is 14.3. The Morgan fingerprint density at radius 2 is 1.97 bits per heavy atom. The second kappa shape index (κ2) is 9.37. The number of nitrogens with one attached hydrogen (secondary N) is 2. The van der Waals surface area contributed by atoms with Gasteiger partial charge in [0.1, 0.15) is 12.1 Å². The first-order chi connectivity index (χ1) is 14.4. The van der Waals surface area contributed by atoms with Gasteiger partial charge in [-0.1, -0.05) is 0 Å². The van der Waals surface area contributed by atoms with Gasteiger partial charge in [0.05, 0.1) is 24.7 Å². The summed E-state index contributed by atoms with van der Waals surface area (Å²) in [6.45, 7) is 0.715. The van der Waals surface area contributed by atoms with Crippen molar-refractivity contribution in [3.63, 3.8) is 0 Å². The Morgan fingerprint density at radius 1 is 1.23 bits per heavy atom. The van der Waals surface area contributed by atoms with Crippen LogP contribution in [0.15, 0.2) is 24.3 Å². The molecule has 1 aromatic carbocycles. The maximum absolute atomic E-state index is 12.9. The Kier molecular flexibility index (Phi) is 6.64. The summed E-state index contributed by atoms with van der Waals surface area (Å²) in [7, 11) is 0. The van der Waals surface area contributed by atoms with Crippen molar-refractivity contribution in [2.24, 2.45) is 5.73 Å². The average Bonchev–Trinajstić information content (AvgIpc) is 2.79. The third kappa shape index (κ3) is 4.58. The Balaban J connectivity index is 1.75. The van der Waals surface area contributed by atoms with Crippen LogP contribution >= 0.6 is 0 Å². The molecule has 10 heteroatoms. The van der Waals surface area contributed by atoms with Crippen molar-refractivity contribution in [3.05, 3.63) is 35.4 Å². The molecular formula is C20H24N6O4. The van der Waals surface area contributed by atoms with Crippen LogP contribution in [0.4, 0.5) is 0 Å². The molecule has 2 saturated heterocycles. The number of piperazine rings is 1. The topological polar surface area (TPSA) is 149 Å². The smallest absolute Gasteiger partial charge is 0.253 e. The molecule has 0 bridgehead atoms. The molecule has 0 aromatic heterocycles. The molecule has 0 spiro atoms. The van der Waals surface area contributed by atoms with Crippen LogP contribution in [0, 0.1) is 11.3 Å². The minimum atomic E-state index is -0.938. The van der Waals surface area contributed by atoms with Crippen molar-refractivity contribution in [2.75, 3.05) is 32.7 Å². The van der Waals surface area contributed by atoms with Gasteiger partial charge in [-0.2, -0.15) is 5.26 Å². The van der Waals surface area contributed by atoms with Gasteiger partial charge in [-0.3, -0.25) is 19.2 Å². The molecule has 0 unspecified atom stereocenters. The molecule has 0 saturated carbocycles. The van der Waals surface area contributed by atoms with E-state index in [0.717, 1.165) is 6.42 Å². The van der Waals surface area contributed by atoms with Gasteiger partial charge in [0, 0.05) is 25.2 Å². The fourth-order valence-corrected chi connectivity index (χ4v) is 3.66. The molecule has 2 aliphatic rings. The van der Waals surface area contributed by atoms with Gasteiger partial charge in [0.2, 0.25) is 17.7 Å². The summed E-state index contributed by atoms with van der Waals surface area (Å²) in [5.74, 6) is -1.44. The third-order valence-electron chi connectivity index (χ3n) is 5.33. The molecule has 4 amide bonds. The Bertz CT molecular complexity index is 878. The van der Waals surface area contributed by atoms with Crippen LogP contribution in [0.2, 0.25) is 0 Å². The van der Waals surface area contributed by atoms with E-state index in [1.807, 2.05) is 6.07 Å². The summed E-state index contributed by atoms with van der Waals surface area (Å²) in [5.41, 5.74) is 6.32. The van der Waals surface area contributed by atoms with E-state index in [2.05, 4.69) is 10.6 Å². The van der Waals surface area contributed by atoms with Crippen molar-refractivity contribution in [2.45, 2.75) is 24.9 Å². The van der Waals surface area contributed by atoms with Gasteiger partial charge < -0.3 is 26.2 Å². The van der Waals surface area contributed by atoms with E-state index in [4.69, 9.17) is 11.0 Å². The number of carbonyl (C=O) groups is 4. The molecule has 2 aliphatic heterocycles. The minimum absolute atomic E-state index is 0.00918. The highest BCUT2D eigenvalue weighted by Gasteiger charge is 2.38. The molecule has 2 fully saturated rings. The Labute approximate surface area is 174 Å². The molecular weight excluding hydrogens is 388 g/mol. The van der Waals surface area contributed by atoms with Crippen LogP contribution in [0.5, 0.6) is 0 Å². The molecule has 30 heavy (non-hydrogen) atoms. The SMILES string of the molecule is N#Cc1ccc(C(=O)N2CCN(C(=O)CN)[C@H](C(=O)N[C@@H]3CCCNC3=O)C2)cc1. The zero-order valence-corrected chi connectivity index (χ0v) is 16.5. The molecule has 2 atom stereocenters. The van der Waals surface area contributed by atoms with Gasteiger partial charge in [-0.15, -0.1) is 0 Å². The van der Waals surface area contributed by atoms with Gasteiger partial charge in [0.15, 0.2) is 0 Å². The number of nitriles is 1. The second-order valence-electron chi connectivity index (χ2n) is 7.24. The first kappa shape index (κ1) is 21.3. The Hall–Kier alpha value is -3.45. The van der Waals surface area contributed by atoms with E-state index in [-0.39, 0.29) is 38.0 Å². The number of hydrogen-bond acceptors (Lipinski definition) is 6. The maximum Gasteiger partial charge on any atom is 0.253 e. The van der Waals surface area contributed by atoms with Crippen LogP contribution in [0.1, 0.15) is 28.8 Å². The van der Waals surface area contributed by atoms with Crippen LogP contribution in [0.25, 0.3) is 0 Å². The quantitative estimate of drug-likeness (QED) is 0.552. The van der Waals surface area contributed by atoms with Crippen LogP contribution in [-0.4, -0.2) is 78.2 Å². The average molecular weight is 412 g/mol. The number of carbonyl (C=O) groups excluding carboxylic acids is 4. The summed E-state index contributed by atoms with van der Waals surface area (Å²) < 4.78 is 0. The molecule has 158 valence electrons. The van der Waals surface area contributed by atoms with Crippen molar-refractivity contribution in [1.29, 1.82) is 5.26 Å². The minimum Gasteiger partial charge on any atom is -0.354 e. The number of piperidine rings is 1. The van der Waals surface area contributed by atoms with E-state index < -0.39 is 23.9 Å². The molecule has 0 radical (unpaired) electrons. The summed E-state index contributed by atoms with van der Waals surface area (Å²) in [6, 6.07) is 6.60. The number of amides is 4. The maximum atomic E-state index is 12.9. The highest BCUT2D eigenvalue weighted by molar-refractivity contribution is 5.96. The van der Waals surface area contributed by atoms with E-state index in [9.17, 15) is 19.2 Å². The van der Waals surface area contributed by atoms with Gasteiger partial charge in [0.25, 0.3) is 5.91 Å². The van der Waals surface area contributed by atoms with Crippen molar-refractivity contribution in [3.8, 4) is 6.07 Å². The summed E-state index contributed by atoms with van der Waals surface area (Å²) in [6.07, 6.45) is 1.26. The predicted molar refractivity (Wildman–Crippen MR) is 106 cm³/mol. The number of nitrogens with two attached hydrogens (primary N) is 1. The molecule has 0 aliphatic carbocycles. The lowest BCUT2D eigenvalue weighted by Gasteiger charge is -2.41. The van der Waals surface area contributed by atoms with Crippen LogP contribution < -0.4 is 16.4 Å². The van der Waals surface area contributed by atoms with Crippen molar-refractivity contribution >= 4 is 23.6 Å². The zero-order valence-electron chi connectivity index (χ0n) is 16.5. The summed E-state index contributed by atoms with van der Waals surface area (Å²) in [4.78, 5) is 52.9. The number of rotatable bonds is 4. The molecule has 10 nitrogen and oxygen atoms in total. The van der Waals surface area contributed by atoms with E-state index in [1.165, 1.54) is 9.80 Å². The second-order valence-corrected chi connectivity index (χ2v) is 7.24. The molecule has 4 N–H and O–H groups in total. The predicted octanol–water partition coefficient (Wildman–Crippen LogP) is -1.44. The monoisotopic (exact) mass is 412 g/mol. The van der Waals surface area contributed by atoms with Crippen molar-refractivity contribution in [1.82, 2.24) is 20.4 Å². The fourth-order valence-electron chi connectivity index (χ4n) is 3.66. The van der Waals surface area contributed by atoms with Gasteiger partial charge in [-0.05, 0) is 37.1 Å². The lowest BCUT2D eigenvalue weighted by Crippen LogP contribution is -2.64. The largest absolute Gasteiger partial charge is 0.354 e. The van der Waals surface area contributed by atoms with Crippen LogP contribution in [-0.2, 0) is 14.4 Å². The lowest BCUT2D eigenvalue weighted by atomic mass is 10.0. The lowest BCUT2D eigenvalue weighted by molar-refractivity contribution is -0.143. The number of hydrogen-bond donors (Lipinski definition) is 3. The van der Waals surface area contributed by atoms with E-state index in [0.29, 0.717) is 24.1 Å². The standard InChI is InChI=1S/C20H24N6O4/c21-10-13-3-5-14(6-4-13)20(30)25-8-9-26(17(27)11-22)16(12-25)19(29)24-15-2-1-7-23-18(15)28/h3-6,15-16H,1-2,7-9,11-12,22H2,(H,23,28)(H,24,29)/t15-,16+/m1/s1. The first-order valence-electron chi connectivity index (χ1n) is 9.81. The normalized spacial score (nSPS) is 21.4. The molecule has 3 rings (SSSR count). The van der Waals surface area contributed by atoms with E-state index in [1.54, 1.807) is 24.3 Å². The van der Waals surface area contributed by atoms with Gasteiger partial charge >= 0.3 is 0 Å². The number of benzene rings is 1.